The van der Waals surface area contributed by atoms with Gasteiger partial charge in [-0.05, 0) is 49.2 Å². The van der Waals surface area contributed by atoms with Gasteiger partial charge in [0.15, 0.2) is 0 Å². The van der Waals surface area contributed by atoms with E-state index in [1.54, 1.807) is 24.6 Å². The number of rotatable bonds is 6. The van der Waals surface area contributed by atoms with Crippen LogP contribution < -0.4 is 0 Å². The molecule has 2 atom stereocenters. The van der Waals surface area contributed by atoms with Crippen LogP contribution >= 0.6 is 46.4 Å². The van der Waals surface area contributed by atoms with Crippen LogP contribution in [-0.4, -0.2) is 22.6 Å². The monoisotopic (exact) mass is 586 g/mol. The predicted molar refractivity (Wildman–Crippen MR) is 161 cm³/mol. The number of phenols is 2. The summed E-state index contributed by atoms with van der Waals surface area (Å²) in [6.07, 6.45) is 3.18. The molecule has 2 N–H and O–H groups in total. The fourth-order valence-electron chi connectivity index (χ4n) is 3.39. The number of hydrogen-bond donors (Lipinski definition) is 2. The second kappa shape index (κ2) is 14.2. The minimum atomic E-state index is -0.00456. The summed E-state index contributed by atoms with van der Waals surface area (Å²) >= 11 is 23.5. The van der Waals surface area contributed by atoms with Gasteiger partial charge in [0.1, 0.15) is 11.5 Å². The Hall–Kier alpha value is -3.02. The fraction of sp³-hybridized carbons (Fsp3) is 0.133. The molecule has 0 bridgehead atoms. The predicted octanol–water partition coefficient (Wildman–Crippen LogP) is 9.76. The third-order valence-electron chi connectivity index (χ3n) is 5.55. The fourth-order valence-corrected chi connectivity index (χ4v) is 4.41. The quantitative estimate of drug-likeness (QED) is 0.220. The maximum Gasteiger partial charge on any atom is 0.143 e. The van der Waals surface area contributed by atoms with Crippen molar-refractivity contribution < 1.29 is 10.2 Å². The molecule has 0 saturated carbocycles. The highest BCUT2D eigenvalue weighted by Gasteiger charge is 2.08. The van der Waals surface area contributed by atoms with E-state index >= 15 is 0 Å². The standard InChI is InChI=1S/2C15H13Cl2NO/c2*1-10(11-5-3-2-4-6-11)18-9-12-7-13(16)8-14(17)15(12)19/h2*2-10,19H,1H3/t2*10-/m11/s1. The van der Waals surface area contributed by atoms with Crippen molar-refractivity contribution >= 4 is 58.8 Å². The highest BCUT2D eigenvalue weighted by Crippen LogP contribution is 2.31. The zero-order valence-corrected chi connectivity index (χ0v) is 23.7. The summed E-state index contributed by atoms with van der Waals surface area (Å²) in [7, 11) is 0. The Balaban J connectivity index is 0.000000211. The summed E-state index contributed by atoms with van der Waals surface area (Å²) < 4.78 is 0. The molecule has 4 rings (SSSR count). The van der Waals surface area contributed by atoms with Crippen molar-refractivity contribution in [2.24, 2.45) is 9.98 Å². The number of benzene rings is 4. The number of aliphatic imine (C=N–C) groups is 2. The Morgan fingerprint density at radius 1 is 0.579 bits per heavy atom. The molecule has 0 spiro atoms. The van der Waals surface area contributed by atoms with E-state index in [-0.39, 0.29) is 33.6 Å². The van der Waals surface area contributed by atoms with Crippen molar-refractivity contribution in [3.8, 4) is 11.5 Å². The molecule has 0 aliphatic heterocycles. The van der Waals surface area contributed by atoms with Gasteiger partial charge in [0.05, 0.1) is 22.1 Å². The zero-order chi connectivity index (χ0) is 27.7. The maximum absolute atomic E-state index is 9.82. The molecule has 0 aromatic heterocycles. The van der Waals surface area contributed by atoms with E-state index in [0.29, 0.717) is 21.2 Å². The number of phenolic OH excluding ortho intramolecular Hbond substituents is 2. The number of aromatic hydroxyl groups is 2. The summed E-state index contributed by atoms with van der Waals surface area (Å²) in [5, 5.41) is 21.0. The highest BCUT2D eigenvalue weighted by molar-refractivity contribution is 6.36. The van der Waals surface area contributed by atoms with Crippen molar-refractivity contribution in [2.75, 3.05) is 0 Å². The van der Waals surface area contributed by atoms with E-state index in [9.17, 15) is 10.2 Å². The van der Waals surface area contributed by atoms with Gasteiger partial charge in [-0.3, -0.25) is 9.98 Å². The van der Waals surface area contributed by atoms with E-state index in [1.165, 1.54) is 12.1 Å². The Bertz CT molecular complexity index is 1300. The lowest BCUT2D eigenvalue weighted by Crippen LogP contribution is -1.91. The van der Waals surface area contributed by atoms with Crippen LogP contribution in [0.1, 0.15) is 48.2 Å². The minimum Gasteiger partial charge on any atom is -0.506 e. The normalized spacial score (nSPS) is 12.8. The molecule has 4 aromatic carbocycles. The first-order chi connectivity index (χ1) is 18.2. The maximum atomic E-state index is 9.82. The van der Waals surface area contributed by atoms with Gasteiger partial charge in [-0.25, -0.2) is 0 Å². The highest BCUT2D eigenvalue weighted by atomic mass is 35.5. The van der Waals surface area contributed by atoms with E-state index in [1.807, 2.05) is 74.5 Å². The number of halogens is 4. The van der Waals surface area contributed by atoms with Gasteiger partial charge in [-0.2, -0.15) is 0 Å². The molecule has 0 aliphatic carbocycles. The van der Waals surface area contributed by atoms with Crippen molar-refractivity contribution in [1.82, 2.24) is 0 Å². The van der Waals surface area contributed by atoms with E-state index in [0.717, 1.165) is 11.1 Å². The third-order valence-corrected chi connectivity index (χ3v) is 6.57. The van der Waals surface area contributed by atoms with Crippen LogP contribution in [0.5, 0.6) is 11.5 Å². The molecule has 0 amide bonds. The smallest absolute Gasteiger partial charge is 0.143 e. The molecule has 0 radical (unpaired) electrons. The summed E-state index contributed by atoms with van der Waals surface area (Å²) in [6.45, 7) is 3.96. The summed E-state index contributed by atoms with van der Waals surface area (Å²) in [4.78, 5) is 8.81. The van der Waals surface area contributed by atoms with E-state index in [4.69, 9.17) is 46.4 Å². The molecule has 0 fully saturated rings. The van der Waals surface area contributed by atoms with Gasteiger partial charge < -0.3 is 10.2 Å². The van der Waals surface area contributed by atoms with Gasteiger partial charge >= 0.3 is 0 Å². The van der Waals surface area contributed by atoms with Crippen molar-refractivity contribution in [3.63, 3.8) is 0 Å². The zero-order valence-electron chi connectivity index (χ0n) is 20.7. The van der Waals surface area contributed by atoms with Crippen LogP contribution in [-0.2, 0) is 0 Å². The van der Waals surface area contributed by atoms with Gasteiger partial charge in [-0.1, -0.05) is 107 Å². The van der Waals surface area contributed by atoms with Crippen molar-refractivity contribution in [3.05, 3.63) is 127 Å². The lowest BCUT2D eigenvalue weighted by atomic mass is 10.1. The second-order valence-corrected chi connectivity index (χ2v) is 10.1. The average Bonchev–Trinajstić information content (AvgIpc) is 2.92. The van der Waals surface area contributed by atoms with Crippen LogP contribution in [0.25, 0.3) is 0 Å². The Labute approximate surface area is 242 Å². The summed E-state index contributed by atoms with van der Waals surface area (Å²) in [5.74, 6) is -0.00911. The summed E-state index contributed by atoms with van der Waals surface area (Å²) in [6, 6.07) is 26.1. The van der Waals surface area contributed by atoms with E-state index in [2.05, 4.69) is 9.98 Å². The molecule has 0 heterocycles. The Morgan fingerprint density at radius 3 is 1.26 bits per heavy atom. The molecule has 4 aromatic rings. The number of nitrogens with zero attached hydrogens (tertiary/aromatic N) is 2. The SMILES string of the molecule is C[C@@H](N=Cc1cc(Cl)cc(Cl)c1O)c1ccccc1.C[C@@H](N=Cc1cc(Cl)cc(Cl)c1O)c1ccccc1. The van der Waals surface area contributed by atoms with Crippen LogP contribution in [0.3, 0.4) is 0 Å². The average molecular weight is 588 g/mol. The van der Waals surface area contributed by atoms with Crippen LogP contribution in [0.15, 0.2) is 94.9 Å². The van der Waals surface area contributed by atoms with Crippen LogP contribution in [0.2, 0.25) is 20.1 Å². The molecule has 196 valence electrons. The molecule has 0 aliphatic rings. The lowest BCUT2D eigenvalue weighted by molar-refractivity contribution is 0.474. The first-order valence-corrected chi connectivity index (χ1v) is 13.2. The molecule has 38 heavy (non-hydrogen) atoms. The number of hydrogen-bond acceptors (Lipinski definition) is 4. The van der Waals surface area contributed by atoms with Crippen LogP contribution in [0, 0.1) is 0 Å². The van der Waals surface area contributed by atoms with Crippen molar-refractivity contribution in [2.45, 2.75) is 25.9 Å². The summed E-state index contributed by atoms with van der Waals surface area (Å²) in [5.41, 5.74) is 3.23. The van der Waals surface area contributed by atoms with Gasteiger partial charge in [0.2, 0.25) is 0 Å². The largest absolute Gasteiger partial charge is 0.506 e. The first-order valence-electron chi connectivity index (χ1n) is 11.7. The lowest BCUT2D eigenvalue weighted by Gasteiger charge is -2.07. The van der Waals surface area contributed by atoms with Gasteiger partial charge in [-0.15, -0.1) is 0 Å². The Morgan fingerprint density at radius 2 is 0.921 bits per heavy atom. The molecule has 4 nitrogen and oxygen atoms in total. The topological polar surface area (TPSA) is 65.2 Å². The minimum absolute atomic E-state index is 0.00152. The first kappa shape index (κ1) is 29.5. The molecular weight excluding hydrogens is 562 g/mol. The second-order valence-electron chi connectivity index (χ2n) is 8.38. The van der Waals surface area contributed by atoms with E-state index < -0.39 is 0 Å². The molecule has 8 heteroatoms. The van der Waals surface area contributed by atoms with Gasteiger partial charge in [0, 0.05) is 33.6 Å². The van der Waals surface area contributed by atoms with Crippen LogP contribution in [0.4, 0.5) is 0 Å². The Kier molecular flexibility index (Phi) is 11.1. The molecular formula is C30H26Cl4N2O2. The van der Waals surface area contributed by atoms with Gasteiger partial charge in [0.25, 0.3) is 0 Å². The molecule has 0 unspecified atom stereocenters. The van der Waals surface area contributed by atoms with Crippen molar-refractivity contribution in [1.29, 1.82) is 0 Å². The third kappa shape index (κ3) is 8.50. The molecule has 0 saturated heterocycles.